The number of rotatable bonds is 7. The zero-order chi connectivity index (χ0) is 20.2. The van der Waals surface area contributed by atoms with Crippen molar-refractivity contribution < 1.29 is 4.79 Å². The summed E-state index contributed by atoms with van der Waals surface area (Å²) in [5.74, 6) is 0.635. The molecule has 3 aromatic rings. The van der Waals surface area contributed by atoms with Crippen LogP contribution in [-0.4, -0.2) is 31.8 Å². The number of aromatic nitrogens is 4. The lowest BCUT2D eigenvalue weighted by Gasteiger charge is -2.10. The highest BCUT2D eigenvalue weighted by atomic mass is 16.1. The molecule has 1 aromatic carbocycles. The van der Waals surface area contributed by atoms with E-state index in [1.54, 1.807) is 21.8 Å². The normalized spacial score (nSPS) is 14.5. The van der Waals surface area contributed by atoms with Gasteiger partial charge in [0.15, 0.2) is 5.65 Å². The van der Waals surface area contributed by atoms with Crippen molar-refractivity contribution in [2.45, 2.75) is 52.1 Å². The van der Waals surface area contributed by atoms with Crippen LogP contribution in [0.2, 0.25) is 0 Å². The molecule has 1 N–H and O–H groups in total. The SMILES string of the molecule is Cc1ccc(Cn2cnc3c(cnn3CCNC(=O)CC3CCCC3)c2=O)cc1. The van der Waals surface area contributed by atoms with Gasteiger partial charge in [0, 0.05) is 13.0 Å². The summed E-state index contributed by atoms with van der Waals surface area (Å²) >= 11 is 0. The molecule has 1 amide bonds. The highest BCUT2D eigenvalue weighted by Crippen LogP contribution is 2.27. The highest BCUT2D eigenvalue weighted by molar-refractivity contribution is 5.76. The van der Waals surface area contributed by atoms with Crippen LogP contribution < -0.4 is 10.9 Å². The first-order chi connectivity index (χ1) is 14.1. The number of carbonyl (C=O) groups is 1. The van der Waals surface area contributed by atoms with Gasteiger partial charge in [-0.3, -0.25) is 14.2 Å². The van der Waals surface area contributed by atoms with Crippen molar-refractivity contribution >= 4 is 16.9 Å². The fourth-order valence-corrected chi connectivity index (χ4v) is 4.01. The number of aryl methyl sites for hydroxylation is 1. The van der Waals surface area contributed by atoms with Crippen molar-refractivity contribution in [3.05, 3.63) is 58.3 Å². The number of nitrogens with zero attached hydrogens (tertiary/aromatic N) is 4. The Kier molecular flexibility index (Phi) is 5.74. The third kappa shape index (κ3) is 4.55. The van der Waals surface area contributed by atoms with E-state index in [0.29, 0.717) is 43.0 Å². The predicted octanol–water partition coefficient (Wildman–Crippen LogP) is 2.65. The van der Waals surface area contributed by atoms with E-state index in [9.17, 15) is 9.59 Å². The number of nitrogens with one attached hydrogen (secondary N) is 1. The van der Waals surface area contributed by atoms with Gasteiger partial charge in [0.2, 0.25) is 5.91 Å². The van der Waals surface area contributed by atoms with Gasteiger partial charge in [0.05, 0.1) is 19.3 Å². The molecule has 0 saturated heterocycles. The molecule has 0 aliphatic heterocycles. The molecule has 7 nitrogen and oxygen atoms in total. The molecule has 0 atom stereocenters. The minimum atomic E-state index is -0.105. The van der Waals surface area contributed by atoms with Crippen LogP contribution in [0.15, 0.2) is 41.6 Å². The minimum absolute atomic E-state index is 0.0989. The standard InChI is InChI=1S/C22H27N5O2/c1-16-6-8-18(9-7-16)14-26-15-24-21-19(22(26)29)13-25-27(21)11-10-23-20(28)12-17-4-2-3-5-17/h6-9,13,15,17H,2-5,10-12,14H2,1H3,(H,23,28). The van der Waals surface area contributed by atoms with Crippen molar-refractivity contribution in [3.8, 4) is 0 Å². The molecule has 0 unspecified atom stereocenters. The first-order valence-electron chi connectivity index (χ1n) is 10.3. The Balaban J connectivity index is 1.39. The fourth-order valence-electron chi connectivity index (χ4n) is 4.01. The Labute approximate surface area is 169 Å². The Morgan fingerprint density at radius 1 is 1.21 bits per heavy atom. The van der Waals surface area contributed by atoms with Crippen molar-refractivity contribution in [1.82, 2.24) is 24.6 Å². The molecule has 1 saturated carbocycles. The highest BCUT2D eigenvalue weighted by Gasteiger charge is 2.18. The van der Waals surface area contributed by atoms with E-state index < -0.39 is 0 Å². The Bertz CT molecular complexity index is 1050. The van der Waals surface area contributed by atoms with Crippen molar-refractivity contribution in [3.63, 3.8) is 0 Å². The second kappa shape index (κ2) is 8.59. The van der Waals surface area contributed by atoms with Gasteiger partial charge in [-0.15, -0.1) is 0 Å². The molecule has 2 heterocycles. The number of benzene rings is 1. The van der Waals surface area contributed by atoms with Gasteiger partial charge in [-0.25, -0.2) is 9.67 Å². The molecule has 29 heavy (non-hydrogen) atoms. The zero-order valence-corrected chi connectivity index (χ0v) is 16.8. The molecule has 1 fully saturated rings. The smallest absolute Gasteiger partial charge is 0.264 e. The van der Waals surface area contributed by atoms with Gasteiger partial charge in [0.1, 0.15) is 11.7 Å². The van der Waals surface area contributed by atoms with E-state index in [0.717, 1.165) is 18.4 Å². The maximum absolute atomic E-state index is 12.8. The molecular formula is C22H27N5O2. The molecule has 7 heteroatoms. The van der Waals surface area contributed by atoms with E-state index in [1.165, 1.54) is 18.4 Å². The first-order valence-corrected chi connectivity index (χ1v) is 10.3. The summed E-state index contributed by atoms with van der Waals surface area (Å²) in [7, 11) is 0. The molecule has 2 aromatic heterocycles. The van der Waals surface area contributed by atoms with E-state index in [4.69, 9.17) is 0 Å². The molecule has 4 rings (SSSR count). The van der Waals surface area contributed by atoms with Crippen LogP contribution in [0.5, 0.6) is 0 Å². The molecule has 0 bridgehead atoms. The van der Waals surface area contributed by atoms with Gasteiger partial charge in [-0.05, 0) is 31.2 Å². The monoisotopic (exact) mass is 393 g/mol. The topological polar surface area (TPSA) is 81.8 Å². The summed E-state index contributed by atoms with van der Waals surface area (Å²) in [6.07, 6.45) is 8.56. The quantitative estimate of drug-likeness (QED) is 0.669. The van der Waals surface area contributed by atoms with Gasteiger partial charge >= 0.3 is 0 Å². The second-order valence-corrected chi connectivity index (χ2v) is 7.97. The van der Waals surface area contributed by atoms with Crippen molar-refractivity contribution in [1.29, 1.82) is 0 Å². The summed E-state index contributed by atoms with van der Waals surface area (Å²) in [5.41, 5.74) is 2.69. The second-order valence-electron chi connectivity index (χ2n) is 7.97. The van der Waals surface area contributed by atoms with Crippen LogP contribution in [0.3, 0.4) is 0 Å². The van der Waals surface area contributed by atoms with Crippen LogP contribution in [0.1, 0.15) is 43.2 Å². The summed E-state index contributed by atoms with van der Waals surface area (Å²) in [4.78, 5) is 29.3. The van der Waals surface area contributed by atoms with Crippen molar-refractivity contribution in [2.24, 2.45) is 5.92 Å². The fraction of sp³-hybridized carbons (Fsp3) is 0.455. The number of carbonyl (C=O) groups excluding carboxylic acids is 1. The summed E-state index contributed by atoms with van der Waals surface area (Å²) < 4.78 is 3.28. The number of fused-ring (bicyclic) bond motifs is 1. The lowest BCUT2D eigenvalue weighted by molar-refractivity contribution is -0.122. The van der Waals surface area contributed by atoms with Crippen LogP contribution >= 0.6 is 0 Å². The summed E-state index contributed by atoms with van der Waals surface area (Å²) in [6, 6.07) is 8.10. The molecule has 1 aliphatic rings. The average molecular weight is 393 g/mol. The maximum atomic E-state index is 12.8. The van der Waals surface area contributed by atoms with Crippen LogP contribution in [0, 0.1) is 12.8 Å². The van der Waals surface area contributed by atoms with Gasteiger partial charge in [-0.1, -0.05) is 42.7 Å². The number of hydrogen-bond donors (Lipinski definition) is 1. The molecular weight excluding hydrogens is 366 g/mol. The van der Waals surface area contributed by atoms with E-state index in [-0.39, 0.29) is 11.5 Å². The maximum Gasteiger partial charge on any atom is 0.264 e. The number of hydrogen-bond acceptors (Lipinski definition) is 4. The zero-order valence-electron chi connectivity index (χ0n) is 16.8. The van der Waals surface area contributed by atoms with Gasteiger partial charge < -0.3 is 5.32 Å². The van der Waals surface area contributed by atoms with Gasteiger partial charge in [-0.2, -0.15) is 5.10 Å². The average Bonchev–Trinajstić information content (AvgIpc) is 3.36. The third-order valence-corrected chi connectivity index (χ3v) is 5.69. The number of amides is 1. The lowest BCUT2D eigenvalue weighted by atomic mass is 10.0. The molecule has 1 aliphatic carbocycles. The van der Waals surface area contributed by atoms with E-state index in [1.807, 2.05) is 31.2 Å². The Hall–Kier alpha value is -2.96. The Morgan fingerprint density at radius 3 is 2.72 bits per heavy atom. The third-order valence-electron chi connectivity index (χ3n) is 5.69. The summed E-state index contributed by atoms with van der Waals surface area (Å²) in [5, 5.41) is 7.77. The van der Waals surface area contributed by atoms with Crippen LogP contribution in [-0.2, 0) is 17.9 Å². The largest absolute Gasteiger partial charge is 0.354 e. The molecule has 0 spiro atoms. The first kappa shape index (κ1) is 19.4. The van der Waals surface area contributed by atoms with Crippen LogP contribution in [0.25, 0.3) is 11.0 Å². The molecule has 152 valence electrons. The van der Waals surface area contributed by atoms with Crippen LogP contribution in [0.4, 0.5) is 0 Å². The minimum Gasteiger partial charge on any atom is -0.354 e. The van der Waals surface area contributed by atoms with E-state index >= 15 is 0 Å². The molecule has 0 radical (unpaired) electrons. The Morgan fingerprint density at radius 2 is 1.97 bits per heavy atom. The summed E-state index contributed by atoms with van der Waals surface area (Å²) in [6.45, 7) is 3.49. The predicted molar refractivity (Wildman–Crippen MR) is 112 cm³/mol. The van der Waals surface area contributed by atoms with Gasteiger partial charge in [0.25, 0.3) is 5.56 Å². The van der Waals surface area contributed by atoms with Crippen molar-refractivity contribution in [2.75, 3.05) is 6.54 Å². The lowest BCUT2D eigenvalue weighted by Crippen LogP contribution is -2.29. The van der Waals surface area contributed by atoms with E-state index in [2.05, 4.69) is 15.4 Å².